The Morgan fingerprint density at radius 2 is 1.79 bits per heavy atom. The van der Waals surface area contributed by atoms with Gasteiger partial charge in [0.25, 0.3) is 0 Å². The lowest BCUT2D eigenvalue weighted by Crippen LogP contribution is -2.39. The quantitative estimate of drug-likeness (QED) is 0.887. The Balaban J connectivity index is 1.40. The van der Waals surface area contributed by atoms with Crippen molar-refractivity contribution < 1.29 is 4.79 Å². The predicted molar refractivity (Wildman–Crippen MR) is 97.3 cm³/mol. The molecule has 1 N–H and O–H groups in total. The summed E-state index contributed by atoms with van der Waals surface area (Å²) in [6, 6.07) is 12.2. The maximum atomic E-state index is 12.1. The standard InChI is InChI=1S/C20H27N3O/c1-17-8-13-22(14-9-17)15-10-21-20(24)16-18-4-6-19(7-5-18)23-11-2-3-12-23/h2-7,11-12,17H,8-10,13-16H2,1H3,(H,21,24). The molecule has 1 amide bonds. The van der Waals surface area contributed by atoms with Crippen molar-refractivity contribution in [3.8, 4) is 5.69 Å². The summed E-state index contributed by atoms with van der Waals surface area (Å²) in [5.41, 5.74) is 2.17. The number of aromatic nitrogens is 1. The van der Waals surface area contributed by atoms with Gasteiger partial charge in [-0.1, -0.05) is 19.1 Å². The maximum absolute atomic E-state index is 12.1. The minimum atomic E-state index is 0.106. The summed E-state index contributed by atoms with van der Waals surface area (Å²) in [5.74, 6) is 0.958. The van der Waals surface area contributed by atoms with Crippen LogP contribution in [-0.4, -0.2) is 41.6 Å². The third-order valence-electron chi connectivity index (χ3n) is 4.83. The van der Waals surface area contributed by atoms with Crippen LogP contribution in [0, 0.1) is 5.92 Å². The number of carbonyl (C=O) groups is 1. The number of nitrogens with one attached hydrogen (secondary N) is 1. The second kappa shape index (κ2) is 8.15. The molecule has 0 spiro atoms. The number of benzene rings is 1. The van der Waals surface area contributed by atoms with Crippen LogP contribution >= 0.6 is 0 Å². The van der Waals surface area contributed by atoms with E-state index in [1.165, 1.54) is 12.8 Å². The van der Waals surface area contributed by atoms with Crippen LogP contribution in [0.4, 0.5) is 0 Å². The summed E-state index contributed by atoms with van der Waals surface area (Å²) in [6.45, 7) is 6.36. The maximum Gasteiger partial charge on any atom is 0.224 e. The van der Waals surface area contributed by atoms with Crippen LogP contribution in [0.15, 0.2) is 48.8 Å². The molecular formula is C20H27N3O. The number of rotatable bonds is 6. The zero-order valence-corrected chi connectivity index (χ0v) is 14.4. The van der Waals surface area contributed by atoms with E-state index in [1.807, 2.05) is 36.7 Å². The number of amides is 1. The highest BCUT2D eigenvalue weighted by atomic mass is 16.1. The van der Waals surface area contributed by atoms with Crippen molar-refractivity contribution in [1.29, 1.82) is 0 Å². The van der Waals surface area contributed by atoms with Crippen LogP contribution in [0.1, 0.15) is 25.3 Å². The Kier molecular flexibility index (Phi) is 5.70. The summed E-state index contributed by atoms with van der Waals surface area (Å²) < 4.78 is 2.06. The minimum Gasteiger partial charge on any atom is -0.355 e. The molecule has 2 heterocycles. The van der Waals surface area contributed by atoms with Crippen LogP contribution < -0.4 is 5.32 Å². The van der Waals surface area contributed by atoms with E-state index < -0.39 is 0 Å². The first kappa shape index (κ1) is 16.8. The lowest BCUT2D eigenvalue weighted by Gasteiger charge is -2.30. The highest BCUT2D eigenvalue weighted by Crippen LogP contribution is 2.15. The Labute approximate surface area is 144 Å². The molecule has 1 fully saturated rings. The molecule has 1 saturated heterocycles. The first-order valence-electron chi connectivity index (χ1n) is 8.92. The molecule has 0 aliphatic carbocycles. The van der Waals surface area contributed by atoms with E-state index in [1.54, 1.807) is 0 Å². The van der Waals surface area contributed by atoms with Crippen molar-refractivity contribution in [2.75, 3.05) is 26.2 Å². The fourth-order valence-electron chi connectivity index (χ4n) is 3.18. The summed E-state index contributed by atoms with van der Waals surface area (Å²) >= 11 is 0. The van der Waals surface area contributed by atoms with Gasteiger partial charge in [-0.15, -0.1) is 0 Å². The van der Waals surface area contributed by atoms with Crippen LogP contribution in [0.25, 0.3) is 5.69 Å². The van der Waals surface area contributed by atoms with Crippen molar-refractivity contribution in [3.05, 3.63) is 54.4 Å². The Morgan fingerprint density at radius 3 is 2.46 bits per heavy atom. The van der Waals surface area contributed by atoms with Gasteiger partial charge in [0, 0.05) is 31.2 Å². The highest BCUT2D eigenvalue weighted by Gasteiger charge is 2.15. The van der Waals surface area contributed by atoms with Crippen molar-refractivity contribution in [1.82, 2.24) is 14.8 Å². The van der Waals surface area contributed by atoms with Gasteiger partial charge < -0.3 is 14.8 Å². The zero-order valence-electron chi connectivity index (χ0n) is 14.4. The van der Waals surface area contributed by atoms with E-state index in [4.69, 9.17) is 0 Å². The van der Waals surface area contributed by atoms with Crippen molar-refractivity contribution in [2.45, 2.75) is 26.2 Å². The average Bonchev–Trinajstić information content (AvgIpc) is 3.12. The fraction of sp³-hybridized carbons (Fsp3) is 0.450. The monoisotopic (exact) mass is 325 g/mol. The number of nitrogens with zero attached hydrogens (tertiary/aromatic N) is 2. The van der Waals surface area contributed by atoms with Crippen molar-refractivity contribution >= 4 is 5.91 Å². The largest absolute Gasteiger partial charge is 0.355 e. The van der Waals surface area contributed by atoms with E-state index >= 15 is 0 Å². The van der Waals surface area contributed by atoms with Gasteiger partial charge in [-0.3, -0.25) is 4.79 Å². The normalized spacial score (nSPS) is 16.2. The minimum absolute atomic E-state index is 0.106. The molecule has 128 valence electrons. The Bertz CT molecular complexity index is 625. The van der Waals surface area contributed by atoms with Gasteiger partial charge in [0.15, 0.2) is 0 Å². The predicted octanol–water partition coefficient (Wildman–Crippen LogP) is 2.87. The van der Waals surface area contributed by atoms with Gasteiger partial charge >= 0.3 is 0 Å². The molecule has 1 aromatic heterocycles. The Morgan fingerprint density at radius 1 is 1.12 bits per heavy atom. The van der Waals surface area contributed by atoms with Crippen LogP contribution in [0.3, 0.4) is 0 Å². The van der Waals surface area contributed by atoms with Gasteiger partial charge in [0.05, 0.1) is 6.42 Å². The number of hydrogen-bond donors (Lipinski definition) is 1. The summed E-state index contributed by atoms with van der Waals surface area (Å²) in [4.78, 5) is 14.5. The molecule has 4 nitrogen and oxygen atoms in total. The lowest BCUT2D eigenvalue weighted by molar-refractivity contribution is -0.120. The van der Waals surface area contributed by atoms with Crippen LogP contribution in [-0.2, 0) is 11.2 Å². The Hall–Kier alpha value is -2.07. The second-order valence-corrected chi connectivity index (χ2v) is 6.81. The van der Waals surface area contributed by atoms with Gasteiger partial charge in [0.1, 0.15) is 0 Å². The number of hydrogen-bond acceptors (Lipinski definition) is 2. The molecule has 24 heavy (non-hydrogen) atoms. The molecule has 0 atom stereocenters. The van der Waals surface area contributed by atoms with E-state index in [-0.39, 0.29) is 5.91 Å². The highest BCUT2D eigenvalue weighted by molar-refractivity contribution is 5.78. The molecular weight excluding hydrogens is 298 g/mol. The summed E-state index contributed by atoms with van der Waals surface area (Å²) in [7, 11) is 0. The van der Waals surface area contributed by atoms with Gasteiger partial charge in [-0.2, -0.15) is 0 Å². The fourth-order valence-corrected chi connectivity index (χ4v) is 3.18. The van der Waals surface area contributed by atoms with E-state index in [0.29, 0.717) is 6.42 Å². The number of carbonyl (C=O) groups excluding carboxylic acids is 1. The van der Waals surface area contributed by atoms with E-state index in [0.717, 1.165) is 43.3 Å². The molecule has 4 heteroatoms. The first-order valence-corrected chi connectivity index (χ1v) is 8.92. The van der Waals surface area contributed by atoms with Crippen molar-refractivity contribution in [3.63, 3.8) is 0 Å². The van der Waals surface area contributed by atoms with E-state index in [2.05, 4.69) is 33.8 Å². The van der Waals surface area contributed by atoms with Crippen LogP contribution in [0.5, 0.6) is 0 Å². The molecule has 2 aromatic rings. The molecule has 1 aromatic carbocycles. The average molecular weight is 325 g/mol. The van der Waals surface area contributed by atoms with Crippen LogP contribution in [0.2, 0.25) is 0 Å². The molecule has 1 aliphatic rings. The lowest BCUT2D eigenvalue weighted by atomic mass is 9.99. The van der Waals surface area contributed by atoms with Gasteiger partial charge in [-0.25, -0.2) is 0 Å². The molecule has 0 unspecified atom stereocenters. The SMILES string of the molecule is CC1CCN(CCNC(=O)Cc2ccc(-n3cccc3)cc2)CC1. The third-order valence-corrected chi connectivity index (χ3v) is 4.83. The molecule has 0 saturated carbocycles. The smallest absolute Gasteiger partial charge is 0.224 e. The number of piperidine rings is 1. The molecule has 0 radical (unpaired) electrons. The summed E-state index contributed by atoms with van der Waals surface area (Å²) in [5, 5.41) is 3.05. The molecule has 1 aliphatic heterocycles. The second-order valence-electron chi connectivity index (χ2n) is 6.81. The molecule has 0 bridgehead atoms. The summed E-state index contributed by atoms with van der Waals surface area (Å²) in [6.07, 6.45) is 7.04. The van der Waals surface area contributed by atoms with E-state index in [9.17, 15) is 4.79 Å². The zero-order chi connectivity index (χ0) is 16.8. The van der Waals surface area contributed by atoms with Crippen molar-refractivity contribution in [2.24, 2.45) is 5.92 Å². The van der Waals surface area contributed by atoms with Gasteiger partial charge in [0.2, 0.25) is 5.91 Å². The molecule has 3 rings (SSSR count). The topological polar surface area (TPSA) is 37.3 Å². The first-order chi connectivity index (χ1) is 11.7. The third kappa shape index (κ3) is 4.71. The van der Waals surface area contributed by atoms with Gasteiger partial charge in [-0.05, 0) is 61.7 Å². The number of likely N-dealkylation sites (tertiary alicyclic amines) is 1.